The lowest BCUT2D eigenvalue weighted by Gasteiger charge is -2.48. The van der Waals surface area contributed by atoms with E-state index in [2.05, 4.69) is 5.16 Å². The molecule has 26 heavy (non-hydrogen) atoms. The molecule has 1 N–H and O–H groups in total. The molecule has 0 unspecified atom stereocenters. The van der Waals surface area contributed by atoms with Gasteiger partial charge in [0.2, 0.25) is 10.0 Å². The number of aliphatic hydroxyl groups is 1. The minimum absolute atomic E-state index is 0.170. The summed E-state index contributed by atoms with van der Waals surface area (Å²) in [5, 5.41) is 14.5. The summed E-state index contributed by atoms with van der Waals surface area (Å²) < 4.78 is 32.6. The van der Waals surface area contributed by atoms with Gasteiger partial charge in [0.05, 0.1) is 5.60 Å². The van der Waals surface area contributed by atoms with Crippen LogP contribution in [0.25, 0.3) is 0 Å². The number of aryl methyl sites for hydroxylation is 2. The van der Waals surface area contributed by atoms with Gasteiger partial charge in [0.15, 0.2) is 5.76 Å². The van der Waals surface area contributed by atoms with Crippen molar-refractivity contribution < 1.29 is 18.0 Å². The smallest absolute Gasteiger partial charge is 0.248 e. The molecule has 1 saturated heterocycles. The Bertz CT molecular complexity index is 719. The fraction of sp³-hybridized carbons (Fsp3) is 0.833. The summed E-state index contributed by atoms with van der Waals surface area (Å²) in [6.07, 6.45) is 5.23. The molecule has 2 heterocycles. The molecule has 8 heteroatoms. The highest BCUT2D eigenvalue weighted by molar-refractivity contribution is 7.89. The van der Waals surface area contributed by atoms with Crippen molar-refractivity contribution in [2.24, 2.45) is 5.41 Å². The summed E-state index contributed by atoms with van der Waals surface area (Å²) in [4.78, 5) is 2.26. The minimum atomic E-state index is -3.55. The molecule has 7 nitrogen and oxygen atoms in total. The molecule has 1 aromatic rings. The minimum Gasteiger partial charge on any atom is -0.389 e. The van der Waals surface area contributed by atoms with Gasteiger partial charge in [0.1, 0.15) is 10.6 Å². The van der Waals surface area contributed by atoms with Gasteiger partial charge >= 0.3 is 0 Å². The van der Waals surface area contributed by atoms with E-state index in [1.54, 1.807) is 18.2 Å². The van der Waals surface area contributed by atoms with Crippen LogP contribution >= 0.6 is 0 Å². The van der Waals surface area contributed by atoms with Crippen LogP contribution < -0.4 is 0 Å². The van der Waals surface area contributed by atoms with E-state index in [0.29, 0.717) is 31.1 Å². The average Bonchev–Trinajstić information content (AvgIpc) is 2.90. The zero-order chi connectivity index (χ0) is 19.2. The van der Waals surface area contributed by atoms with Gasteiger partial charge in [0, 0.05) is 19.6 Å². The average molecular weight is 386 g/mol. The first-order valence-corrected chi connectivity index (χ1v) is 10.8. The second-order valence-electron chi connectivity index (χ2n) is 8.52. The highest BCUT2D eigenvalue weighted by Crippen LogP contribution is 2.48. The molecule has 3 rings (SSSR count). The van der Waals surface area contributed by atoms with E-state index < -0.39 is 15.6 Å². The van der Waals surface area contributed by atoms with E-state index in [4.69, 9.17) is 4.52 Å². The largest absolute Gasteiger partial charge is 0.389 e. The van der Waals surface area contributed by atoms with Crippen LogP contribution in [0.1, 0.15) is 50.0 Å². The topological polar surface area (TPSA) is 86.9 Å². The first-order chi connectivity index (χ1) is 12.1. The predicted molar refractivity (Wildman–Crippen MR) is 98.4 cm³/mol. The Balaban J connectivity index is 1.65. The number of nitrogens with zero attached hydrogens (tertiary/aromatic N) is 3. The molecule has 2 fully saturated rings. The molecule has 1 saturated carbocycles. The molecular weight excluding hydrogens is 354 g/mol. The Kier molecular flexibility index (Phi) is 5.24. The normalized spacial score (nSPS) is 23.6. The number of piperidine rings is 1. The van der Waals surface area contributed by atoms with Gasteiger partial charge in [-0.15, -0.1) is 0 Å². The molecule has 1 aromatic heterocycles. The van der Waals surface area contributed by atoms with Crippen LogP contribution in [0.3, 0.4) is 0 Å². The van der Waals surface area contributed by atoms with Crippen LogP contribution in [0.5, 0.6) is 0 Å². The summed E-state index contributed by atoms with van der Waals surface area (Å²) in [6.45, 7) is 5.05. The maximum absolute atomic E-state index is 13.0. The van der Waals surface area contributed by atoms with E-state index >= 15 is 0 Å². The summed E-state index contributed by atoms with van der Waals surface area (Å²) in [5.74, 6) is 0.356. The van der Waals surface area contributed by atoms with Crippen molar-refractivity contribution in [2.75, 3.05) is 33.7 Å². The standard InChI is InChI=1S/C18H31N3O4S/c1-14-16(15(2)25-19-14)26(23,24)21-11-9-17(10-12-21)5-7-18(22,8-6-17)13-20(3)4/h22H,5-13H2,1-4H3. The fourth-order valence-corrected chi connectivity index (χ4v) is 6.40. The molecule has 0 amide bonds. The van der Waals surface area contributed by atoms with Crippen LogP contribution in [0, 0.1) is 19.3 Å². The van der Waals surface area contributed by atoms with Gasteiger partial charge in [0.25, 0.3) is 0 Å². The monoisotopic (exact) mass is 385 g/mol. The second-order valence-corrected chi connectivity index (χ2v) is 10.4. The zero-order valence-electron chi connectivity index (χ0n) is 16.3. The molecule has 1 spiro atoms. The Morgan fingerprint density at radius 2 is 1.69 bits per heavy atom. The summed E-state index contributed by atoms with van der Waals surface area (Å²) in [7, 11) is 0.420. The maximum atomic E-state index is 13.0. The van der Waals surface area contributed by atoms with E-state index in [9.17, 15) is 13.5 Å². The Labute approximate surface area is 156 Å². The molecule has 1 aliphatic heterocycles. The van der Waals surface area contributed by atoms with Crippen molar-refractivity contribution >= 4 is 10.0 Å². The summed E-state index contributed by atoms with van der Waals surface area (Å²) in [6, 6.07) is 0. The van der Waals surface area contributed by atoms with Gasteiger partial charge in [-0.3, -0.25) is 0 Å². The number of rotatable bonds is 4. The summed E-state index contributed by atoms with van der Waals surface area (Å²) in [5.41, 5.74) is -0.00741. The third-order valence-electron chi connectivity index (χ3n) is 6.20. The number of hydrogen-bond donors (Lipinski definition) is 1. The number of sulfonamides is 1. The van der Waals surface area contributed by atoms with Crippen LogP contribution in [0.2, 0.25) is 0 Å². The lowest BCUT2D eigenvalue weighted by Crippen LogP contribution is -2.49. The van der Waals surface area contributed by atoms with Crippen molar-refractivity contribution in [2.45, 2.75) is 62.9 Å². The van der Waals surface area contributed by atoms with Gasteiger partial charge < -0.3 is 14.5 Å². The first kappa shape index (κ1) is 19.8. The zero-order valence-corrected chi connectivity index (χ0v) is 17.1. The van der Waals surface area contributed by atoms with Crippen molar-refractivity contribution in [1.29, 1.82) is 0 Å². The lowest BCUT2D eigenvalue weighted by atomic mass is 9.64. The van der Waals surface area contributed by atoms with E-state index in [-0.39, 0.29) is 10.3 Å². The molecule has 0 radical (unpaired) electrons. The van der Waals surface area contributed by atoms with Crippen molar-refractivity contribution in [1.82, 2.24) is 14.4 Å². The molecular formula is C18H31N3O4S. The van der Waals surface area contributed by atoms with E-state index in [1.807, 2.05) is 19.0 Å². The van der Waals surface area contributed by atoms with Crippen LogP contribution in [0.15, 0.2) is 9.42 Å². The molecule has 0 bridgehead atoms. The van der Waals surface area contributed by atoms with Crippen LogP contribution in [-0.2, 0) is 10.0 Å². The Morgan fingerprint density at radius 1 is 1.12 bits per heavy atom. The van der Waals surface area contributed by atoms with E-state index in [1.165, 1.54) is 0 Å². The van der Waals surface area contributed by atoms with Crippen LogP contribution in [-0.4, -0.2) is 67.2 Å². The Hall–Kier alpha value is -0.960. The SMILES string of the molecule is Cc1noc(C)c1S(=O)(=O)N1CCC2(CC1)CCC(O)(CN(C)C)CC2. The lowest BCUT2D eigenvalue weighted by molar-refractivity contribution is -0.0592. The van der Waals surface area contributed by atoms with Crippen molar-refractivity contribution in [3.8, 4) is 0 Å². The predicted octanol–water partition coefficient (Wildman–Crippen LogP) is 1.93. The number of likely N-dealkylation sites (N-methyl/N-ethyl adjacent to an activating group) is 1. The van der Waals surface area contributed by atoms with Crippen molar-refractivity contribution in [3.05, 3.63) is 11.5 Å². The summed E-state index contributed by atoms with van der Waals surface area (Å²) >= 11 is 0. The van der Waals surface area contributed by atoms with Crippen LogP contribution in [0.4, 0.5) is 0 Å². The third kappa shape index (κ3) is 3.69. The van der Waals surface area contributed by atoms with Gasteiger partial charge in [-0.2, -0.15) is 4.31 Å². The van der Waals surface area contributed by atoms with Crippen molar-refractivity contribution in [3.63, 3.8) is 0 Å². The first-order valence-electron chi connectivity index (χ1n) is 9.37. The molecule has 1 aliphatic carbocycles. The second kappa shape index (κ2) is 6.89. The molecule has 2 aliphatic rings. The molecule has 0 atom stereocenters. The van der Waals surface area contributed by atoms with Gasteiger partial charge in [-0.05, 0) is 71.9 Å². The maximum Gasteiger partial charge on any atom is 0.248 e. The van der Waals surface area contributed by atoms with Gasteiger partial charge in [-0.1, -0.05) is 5.16 Å². The fourth-order valence-electron chi connectivity index (χ4n) is 4.67. The highest BCUT2D eigenvalue weighted by atomic mass is 32.2. The third-order valence-corrected chi connectivity index (χ3v) is 8.34. The number of hydrogen-bond acceptors (Lipinski definition) is 6. The molecule has 0 aromatic carbocycles. The highest BCUT2D eigenvalue weighted by Gasteiger charge is 2.45. The number of aromatic nitrogens is 1. The Morgan fingerprint density at radius 3 is 2.15 bits per heavy atom. The molecule has 148 valence electrons. The quantitative estimate of drug-likeness (QED) is 0.852. The van der Waals surface area contributed by atoms with E-state index in [0.717, 1.165) is 38.5 Å². The van der Waals surface area contributed by atoms with Gasteiger partial charge in [-0.25, -0.2) is 8.42 Å².